The second-order valence-electron chi connectivity index (χ2n) is 5.76. The van der Waals surface area contributed by atoms with Gasteiger partial charge in [-0.25, -0.2) is 0 Å². The molecule has 24 heavy (non-hydrogen) atoms. The molecule has 2 atom stereocenters. The van der Waals surface area contributed by atoms with E-state index in [1.807, 2.05) is 44.2 Å². The molecule has 0 aliphatic heterocycles. The van der Waals surface area contributed by atoms with Gasteiger partial charge in [0, 0.05) is 13.6 Å². The zero-order valence-electron chi connectivity index (χ0n) is 14.6. The van der Waals surface area contributed by atoms with E-state index >= 15 is 0 Å². The third-order valence-electron chi connectivity index (χ3n) is 3.27. The molecule has 2 unspecified atom stereocenters. The van der Waals surface area contributed by atoms with Crippen molar-refractivity contribution in [2.75, 3.05) is 33.4 Å². The summed E-state index contributed by atoms with van der Waals surface area (Å²) in [6, 6.07) is 8.44. The lowest BCUT2D eigenvalue weighted by molar-refractivity contribution is -0.133. The molecule has 0 saturated carbocycles. The van der Waals surface area contributed by atoms with Crippen LogP contribution in [0.25, 0.3) is 0 Å². The minimum absolute atomic E-state index is 0. The number of likely N-dealkylation sites (N-methyl/N-ethyl adjacent to an activating group) is 1. The van der Waals surface area contributed by atoms with Gasteiger partial charge in [-0.1, -0.05) is 30.3 Å². The molecule has 138 valence electrons. The van der Waals surface area contributed by atoms with Crippen molar-refractivity contribution in [3.63, 3.8) is 0 Å². The summed E-state index contributed by atoms with van der Waals surface area (Å²) in [6.07, 6.45) is -0.599. The van der Waals surface area contributed by atoms with Crippen LogP contribution in [0.4, 0.5) is 0 Å². The minimum Gasteiger partial charge on any atom is -0.389 e. The van der Waals surface area contributed by atoms with Crippen molar-refractivity contribution in [3.05, 3.63) is 35.9 Å². The highest BCUT2D eigenvalue weighted by Gasteiger charge is 2.21. The fourth-order valence-electron chi connectivity index (χ4n) is 2.06. The van der Waals surface area contributed by atoms with E-state index in [4.69, 9.17) is 15.2 Å². The van der Waals surface area contributed by atoms with Crippen molar-refractivity contribution < 1.29 is 19.4 Å². The van der Waals surface area contributed by atoms with E-state index in [9.17, 15) is 9.90 Å². The number of rotatable bonds is 10. The Hall–Kier alpha value is -1.18. The molecule has 1 aromatic rings. The van der Waals surface area contributed by atoms with Crippen LogP contribution in [0.15, 0.2) is 30.3 Å². The van der Waals surface area contributed by atoms with Crippen molar-refractivity contribution in [2.24, 2.45) is 5.73 Å². The maximum absolute atomic E-state index is 12.3. The molecule has 0 heterocycles. The van der Waals surface area contributed by atoms with Crippen molar-refractivity contribution >= 4 is 18.3 Å². The van der Waals surface area contributed by atoms with Crippen molar-refractivity contribution in [3.8, 4) is 0 Å². The van der Waals surface area contributed by atoms with Gasteiger partial charge in [0.2, 0.25) is 5.91 Å². The Balaban J connectivity index is 0.00000529. The van der Waals surface area contributed by atoms with Crippen LogP contribution in [-0.4, -0.2) is 61.5 Å². The third kappa shape index (κ3) is 8.61. The number of nitrogens with zero attached hydrogens (tertiary/aromatic N) is 1. The molecule has 1 aromatic carbocycles. The second kappa shape index (κ2) is 12.2. The van der Waals surface area contributed by atoms with Gasteiger partial charge in [0.05, 0.1) is 32.0 Å². The van der Waals surface area contributed by atoms with Crippen molar-refractivity contribution in [1.82, 2.24) is 4.90 Å². The zero-order chi connectivity index (χ0) is 17.2. The molecule has 1 rings (SSSR count). The smallest absolute Gasteiger partial charge is 0.243 e. The summed E-state index contributed by atoms with van der Waals surface area (Å²) in [5, 5.41) is 9.93. The number of aliphatic hydroxyl groups is 1. The van der Waals surface area contributed by atoms with Crippen LogP contribution in [0.5, 0.6) is 0 Å². The molecule has 1 amide bonds. The highest BCUT2D eigenvalue weighted by molar-refractivity contribution is 5.85. The number of carbonyl (C=O) groups is 1. The van der Waals surface area contributed by atoms with Gasteiger partial charge in [0.15, 0.2) is 0 Å². The average Bonchev–Trinajstić information content (AvgIpc) is 2.53. The van der Waals surface area contributed by atoms with E-state index in [1.54, 1.807) is 7.05 Å². The first-order valence-corrected chi connectivity index (χ1v) is 7.84. The number of amides is 1. The average molecular weight is 361 g/mol. The lowest BCUT2D eigenvalue weighted by Gasteiger charge is -2.24. The molecule has 0 aliphatic carbocycles. The summed E-state index contributed by atoms with van der Waals surface area (Å²) in [5.41, 5.74) is 6.71. The van der Waals surface area contributed by atoms with Crippen molar-refractivity contribution in [1.29, 1.82) is 0 Å². The Bertz CT molecular complexity index is 459. The molecule has 3 N–H and O–H groups in total. The number of hydrogen-bond acceptors (Lipinski definition) is 5. The summed E-state index contributed by atoms with van der Waals surface area (Å²) in [7, 11) is 1.62. The van der Waals surface area contributed by atoms with Gasteiger partial charge in [-0.05, 0) is 19.4 Å². The fraction of sp³-hybridized carbons (Fsp3) is 0.588. The zero-order valence-corrected chi connectivity index (χ0v) is 15.4. The summed E-state index contributed by atoms with van der Waals surface area (Å²) in [5.74, 6) is -0.238. The van der Waals surface area contributed by atoms with E-state index in [-0.39, 0.29) is 37.6 Å². The van der Waals surface area contributed by atoms with Crippen LogP contribution in [0.3, 0.4) is 0 Å². The Labute approximate surface area is 150 Å². The number of nitrogens with two attached hydrogens (primary N) is 1. The summed E-state index contributed by atoms with van der Waals surface area (Å²) < 4.78 is 10.7. The van der Waals surface area contributed by atoms with Crippen LogP contribution in [0.1, 0.15) is 25.5 Å². The second-order valence-corrected chi connectivity index (χ2v) is 5.76. The van der Waals surface area contributed by atoms with E-state index < -0.39 is 12.1 Å². The number of ether oxygens (including phenoxy) is 2. The lowest BCUT2D eigenvalue weighted by Crippen LogP contribution is -2.41. The van der Waals surface area contributed by atoms with E-state index in [2.05, 4.69) is 0 Å². The van der Waals surface area contributed by atoms with Gasteiger partial charge in [-0.3, -0.25) is 4.79 Å². The molecule has 0 saturated heterocycles. The Morgan fingerprint density at radius 1 is 1.25 bits per heavy atom. The van der Waals surface area contributed by atoms with Gasteiger partial charge < -0.3 is 25.2 Å². The molecule has 6 nitrogen and oxygen atoms in total. The highest BCUT2D eigenvalue weighted by Crippen LogP contribution is 2.12. The number of carbonyl (C=O) groups excluding carboxylic acids is 1. The van der Waals surface area contributed by atoms with Crippen LogP contribution in [0.2, 0.25) is 0 Å². The van der Waals surface area contributed by atoms with E-state index in [0.29, 0.717) is 13.2 Å². The normalized spacial score (nSPS) is 13.2. The molecule has 0 bridgehead atoms. The first-order valence-electron chi connectivity index (χ1n) is 7.84. The minimum atomic E-state index is -0.758. The predicted octanol–water partition coefficient (Wildman–Crippen LogP) is 1.37. The maximum Gasteiger partial charge on any atom is 0.243 e. The fourth-order valence-corrected chi connectivity index (χ4v) is 2.06. The quantitative estimate of drug-likeness (QED) is 0.615. The SMILES string of the molecule is CC(C)OCCOCC(O)CN(C)C(=O)C(N)c1ccccc1.Cl. The first kappa shape index (κ1) is 22.8. The molecule has 0 radical (unpaired) electrons. The van der Waals surface area contributed by atoms with Crippen molar-refractivity contribution in [2.45, 2.75) is 32.1 Å². The number of aliphatic hydroxyl groups excluding tert-OH is 1. The lowest BCUT2D eigenvalue weighted by atomic mass is 10.1. The Morgan fingerprint density at radius 2 is 1.88 bits per heavy atom. The summed E-state index contributed by atoms with van der Waals surface area (Å²) in [4.78, 5) is 13.7. The van der Waals surface area contributed by atoms with Crippen LogP contribution in [-0.2, 0) is 14.3 Å². The topological polar surface area (TPSA) is 85.0 Å². The predicted molar refractivity (Wildman–Crippen MR) is 96.2 cm³/mol. The molecular weight excluding hydrogens is 332 g/mol. The van der Waals surface area contributed by atoms with Crippen LogP contribution >= 0.6 is 12.4 Å². The monoisotopic (exact) mass is 360 g/mol. The van der Waals surface area contributed by atoms with Gasteiger partial charge >= 0.3 is 0 Å². The standard InChI is InChI=1S/C17H28N2O4.ClH/c1-13(2)23-10-9-22-12-15(20)11-19(3)17(21)16(18)14-7-5-4-6-8-14;/h4-8,13,15-16,20H,9-12,18H2,1-3H3;1H. The third-order valence-corrected chi connectivity index (χ3v) is 3.27. The van der Waals surface area contributed by atoms with E-state index in [0.717, 1.165) is 5.56 Å². The van der Waals surface area contributed by atoms with Crippen LogP contribution in [0, 0.1) is 0 Å². The molecule has 0 aromatic heterocycles. The Morgan fingerprint density at radius 3 is 2.46 bits per heavy atom. The highest BCUT2D eigenvalue weighted by atomic mass is 35.5. The van der Waals surface area contributed by atoms with Gasteiger partial charge in [-0.2, -0.15) is 0 Å². The summed E-state index contributed by atoms with van der Waals surface area (Å²) >= 11 is 0. The number of benzene rings is 1. The van der Waals surface area contributed by atoms with Gasteiger partial charge in [-0.15, -0.1) is 12.4 Å². The van der Waals surface area contributed by atoms with E-state index in [1.165, 1.54) is 4.90 Å². The summed E-state index contributed by atoms with van der Waals surface area (Å²) in [6.45, 7) is 5.12. The Kier molecular flexibility index (Phi) is 11.6. The molecule has 0 spiro atoms. The molecule has 0 aliphatic rings. The molecular formula is C17H29ClN2O4. The van der Waals surface area contributed by atoms with Gasteiger partial charge in [0.1, 0.15) is 6.04 Å². The number of hydrogen-bond donors (Lipinski definition) is 2. The molecule has 0 fully saturated rings. The largest absolute Gasteiger partial charge is 0.389 e. The number of halogens is 1. The van der Waals surface area contributed by atoms with Crippen LogP contribution < -0.4 is 5.73 Å². The maximum atomic E-state index is 12.3. The first-order chi connectivity index (χ1) is 10.9. The molecule has 7 heteroatoms. The van der Waals surface area contributed by atoms with Gasteiger partial charge in [0.25, 0.3) is 0 Å².